The third-order valence-electron chi connectivity index (χ3n) is 7.28. The minimum Gasteiger partial charge on any atom is -0.484 e. The zero-order valence-electron chi connectivity index (χ0n) is 22.3. The molecule has 0 saturated carbocycles. The van der Waals surface area contributed by atoms with Crippen molar-refractivity contribution in [1.82, 2.24) is 34.6 Å². The maximum atomic E-state index is 12.7. The Morgan fingerprint density at radius 2 is 1.93 bits per heavy atom. The highest BCUT2D eigenvalue weighted by atomic mass is 35.5. The summed E-state index contributed by atoms with van der Waals surface area (Å²) in [5.74, 6) is 1.11. The van der Waals surface area contributed by atoms with E-state index in [4.69, 9.17) is 27.8 Å². The van der Waals surface area contributed by atoms with Crippen LogP contribution in [0.15, 0.2) is 36.7 Å². The molecule has 0 radical (unpaired) electrons. The molecule has 3 aromatic rings. The predicted molar refractivity (Wildman–Crippen MR) is 151 cm³/mol. The Bertz CT molecular complexity index is 1350. The highest BCUT2D eigenvalue weighted by molar-refractivity contribution is 6.31. The van der Waals surface area contributed by atoms with Crippen LogP contribution in [0.2, 0.25) is 5.15 Å². The topological polar surface area (TPSA) is 158 Å². The van der Waals surface area contributed by atoms with Gasteiger partial charge in [0.2, 0.25) is 0 Å². The SMILES string of the molecule is Nc1nc(N)c(C(=O)N[C@H]2CCCN(CCCc3ccc(OCC(=O)N4CCn5ccnc5C4)cc3)C2)nc1Cl. The average molecular weight is 568 g/mol. The van der Waals surface area contributed by atoms with E-state index in [1.54, 1.807) is 11.1 Å². The lowest BCUT2D eigenvalue weighted by molar-refractivity contribution is -0.134. The number of ether oxygens (including phenoxy) is 1. The number of carbonyl (C=O) groups is 2. The molecule has 2 aromatic heterocycles. The summed E-state index contributed by atoms with van der Waals surface area (Å²) in [5.41, 5.74) is 12.6. The zero-order chi connectivity index (χ0) is 28.1. The number of rotatable bonds is 9. The lowest BCUT2D eigenvalue weighted by Crippen LogP contribution is -2.48. The Labute approximate surface area is 237 Å². The summed E-state index contributed by atoms with van der Waals surface area (Å²) < 4.78 is 7.82. The Kier molecular flexibility index (Phi) is 8.66. The van der Waals surface area contributed by atoms with Crippen molar-refractivity contribution in [3.63, 3.8) is 0 Å². The zero-order valence-corrected chi connectivity index (χ0v) is 23.0. The van der Waals surface area contributed by atoms with Crippen LogP contribution in [0.25, 0.3) is 0 Å². The summed E-state index contributed by atoms with van der Waals surface area (Å²) >= 11 is 5.91. The molecule has 0 aliphatic carbocycles. The fourth-order valence-electron chi connectivity index (χ4n) is 5.12. The number of benzene rings is 1. The van der Waals surface area contributed by atoms with Gasteiger partial charge in [-0.05, 0) is 56.5 Å². The summed E-state index contributed by atoms with van der Waals surface area (Å²) in [5, 5.41) is 2.97. The number of anilines is 2. The number of nitrogens with one attached hydrogen (secondary N) is 1. The summed E-state index contributed by atoms with van der Waals surface area (Å²) in [6, 6.07) is 7.90. The van der Waals surface area contributed by atoms with Gasteiger partial charge in [0.15, 0.2) is 29.1 Å². The molecule has 0 spiro atoms. The molecule has 2 aliphatic heterocycles. The first-order valence-corrected chi connectivity index (χ1v) is 13.8. The number of halogens is 1. The number of aryl methyl sites for hydroxylation is 1. The van der Waals surface area contributed by atoms with Gasteiger partial charge in [-0.25, -0.2) is 15.0 Å². The van der Waals surface area contributed by atoms with E-state index in [2.05, 4.69) is 29.7 Å². The van der Waals surface area contributed by atoms with Crippen LogP contribution in [0, 0.1) is 0 Å². The maximum Gasteiger partial charge on any atom is 0.274 e. The van der Waals surface area contributed by atoms with Gasteiger partial charge < -0.3 is 35.9 Å². The molecule has 4 heterocycles. The molecule has 0 unspecified atom stereocenters. The molecule has 2 amide bonds. The van der Waals surface area contributed by atoms with Gasteiger partial charge in [-0.1, -0.05) is 23.7 Å². The van der Waals surface area contributed by atoms with Crippen LogP contribution < -0.4 is 21.5 Å². The summed E-state index contributed by atoms with van der Waals surface area (Å²) in [4.78, 5) is 41.6. The molecule has 2 aliphatic rings. The van der Waals surface area contributed by atoms with E-state index in [1.807, 2.05) is 30.5 Å². The first-order chi connectivity index (χ1) is 19.4. The van der Waals surface area contributed by atoms with Crippen molar-refractivity contribution in [1.29, 1.82) is 0 Å². The average Bonchev–Trinajstić information content (AvgIpc) is 3.43. The molecule has 40 heavy (non-hydrogen) atoms. The van der Waals surface area contributed by atoms with E-state index in [-0.39, 0.29) is 41.0 Å². The van der Waals surface area contributed by atoms with Crippen molar-refractivity contribution in [3.8, 4) is 5.75 Å². The van der Waals surface area contributed by atoms with Crippen LogP contribution in [-0.4, -0.2) is 80.0 Å². The van der Waals surface area contributed by atoms with E-state index in [0.29, 0.717) is 18.8 Å². The van der Waals surface area contributed by atoms with Crippen LogP contribution in [0.3, 0.4) is 0 Å². The molecule has 5 N–H and O–H groups in total. The third kappa shape index (κ3) is 6.80. The summed E-state index contributed by atoms with van der Waals surface area (Å²) in [6.07, 6.45) is 7.47. The summed E-state index contributed by atoms with van der Waals surface area (Å²) in [6.45, 7) is 4.60. The van der Waals surface area contributed by atoms with Gasteiger partial charge >= 0.3 is 0 Å². The quantitative estimate of drug-likeness (QED) is 0.350. The molecular weight excluding hydrogens is 534 g/mol. The summed E-state index contributed by atoms with van der Waals surface area (Å²) in [7, 11) is 0. The molecule has 1 saturated heterocycles. The predicted octanol–water partition coefficient (Wildman–Crippen LogP) is 1.74. The smallest absolute Gasteiger partial charge is 0.274 e. The molecule has 1 atom stereocenters. The second-order valence-corrected chi connectivity index (χ2v) is 10.5. The number of hydrogen-bond acceptors (Lipinski definition) is 9. The number of piperidine rings is 1. The van der Waals surface area contributed by atoms with E-state index in [1.165, 1.54) is 5.56 Å². The minimum atomic E-state index is -0.397. The highest BCUT2D eigenvalue weighted by Gasteiger charge is 2.24. The monoisotopic (exact) mass is 567 g/mol. The second-order valence-electron chi connectivity index (χ2n) is 10.1. The largest absolute Gasteiger partial charge is 0.484 e. The highest BCUT2D eigenvalue weighted by Crippen LogP contribution is 2.19. The van der Waals surface area contributed by atoms with E-state index < -0.39 is 5.91 Å². The number of fused-ring (bicyclic) bond motifs is 1. The molecule has 1 fully saturated rings. The molecule has 12 nitrogen and oxygen atoms in total. The molecule has 1 aromatic carbocycles. The standard InChI is InChI=1S/C27H34ClN9O3/c28-24-26(30)34-25(29)23(33-24)27(39)32-19-4-2-11-35(15-19)10-1-3-18-5-7-20(8-6-18)40-17-22(38)37-14-13-36-12-9-31-21(36)16-37/h5-9,12,19H,1-4,10-11,13-17H2,(H,32,39)(H4,29,30,34)/t19-/m0/s1. The minimum absolute atomic E-state index is 0.000629. The Morgan fingerprint density at radius 1 is 1.10 bits per heavy atom. The number of aromatic nitrogens is 4. The van der Waals surface area contributed by atoms with Crippen LogP contribution in [0.1, 0.15) is 41.1 Å². The first-order valence-electron chi connectivity index (χ1n) is 13.5. The van der Waals surface area contributed by atoms with Gasteiger partial charge in [0.1, 0.15) is 11.6 Å². The third-order valence-corrected chi connectivity index (χ3v) is 7.56. The van der Waals surface area contributed by atoms with E-state index in [9.17, 15) is 9.59 Å². The number of nitrogens with two attached hydrogens (primary N) is 2. The van der Waals surface area contributed by atoms with Crippen molar-refractivity contribution in [2.24, 2.45) is 0 Å². The van der Waals surface area contributed by atoms with Crippen LogP contribution in [-0.2, 0) is 24.3 Å². The first kappa shape index (κ1) is 27.7. The van der Waals surface area contributed by atoms with Crippen molar-refractivity contribution >= 4 is 35.1 Å². The fourth-order valence-corrected chi connectivity index (χ4v) is 5.25. The number of amides is 2. The maximum absolute atomic E-state index is 12.7. The molecule has 5 rings (SSSR count). The van der Waals surface area contributed by atoms with Gasteiger partial charge in [-0.2, -0.15) is 0 Å². The van der Waals surface area contributed by atoms with Crippen molar-refractivity contribution in [2.75, 3.05) is 44.3 Å². The Morgan fingerprint density at radius 3 is 2.75 bits per heavy atom. The lowest BCUT2D eigenvalue weighted by Gasteiger charge is -2.33. The Balaban J connectivity index is 1.02. The molecule has 212 valence electrons. The Hall–Kier alpha value is -3.90. The fraction of sp³-hybridized carbons (Fsp3) is 0.444. The van der Waals surface area contributed by atoms with Gasteiger partial charge in [-0.15, -0.1) is 0 Å². The number of nitrogen functional groups attached to an aromatic ring is 2. The van der Waals surface area contributed by atoms with Gasteiger partial charge in [0.25, 0.3) is 11.8 Å². The van der Waals surface area contributed by atoms with E-state index in [0.717, 1.165) is 57.7 Å². The van der Waals surface area contributed by atoms with Crippen LogP contribution >= 0.6 is 11.6 Å². The van der Waals surface area contributed by atoms with Crippen molar-refractivity contribution < 1.29 is 14.3 Å². The van der Waals surface area contributed by atoms with Crippen LogP contribution in [0.5, 0.6) is 5.75 Å². The molecule has 13 heteroatoms. The molecular formula is C27H34ClN9O3. The molecule has 0 bridgehead atoms. The lowest BCUT2D eigenvalue weighted by atomic mass is 10.0. The number of hydrogen-bond donors (Lipinski definition) is 3. The van der Waals surface area contributed by atoms with E-state index >= 15 is 0 Å². The normalized spacial score (nSPS) is 17.3. The van der Waals surface area contributed by atoms with Gasteiger partial charge in [-0.3, -0.25) is 9.59 Å². The number of nitrogens with zero attached hydrogens (tertiary/aromatic N) is 6. The number of carbonyl (C=O) groups excluding carboxylic acids is 2. The van der Waals surface area contributed by atoms with Gasteiger partial charge in [0.05, 0.1) is 6.54 Å². The number of likely N-dealkylation sites (tertiary alicyclic amines) is 1. The van der Waals surface area contributed by atoms with Crippen LogP contribution in [0.4, 0.5) is 11.6 Å². The van der Waals surface area contributed by atoms with Gasteiger partial charge in [0, 0.05) is 38.1 Å². The second kappa shape index (κ2) is 12.5. The number of imidazole rings is 1. The van der Waals surface area contributed by atoms with Crippen molar-refractivity contribution in [3.05, 3.63) is 58.9 Å². The van der Waals surface area contributed by atoms with Crippen molar-refractivity contribution in [2.45, 2.75) is 44.8 Å².